The number of carbonyl (C=O) groups is 1. The van der Waals surface area contributed by atoms with E-state index >= 15 is 0 Å². The van der Waals surface area contributed by atoms with Crippen molar-refractivity contribution in [1.29, 1.82) is 0 Å². The molecule has 4 heterocycles. The zero-order valence-corrected chi connectivity index (χ0v) is 20.9. The van der Waals surface area contributed by atoms with Crippen molar-refractivity contribution in [1.82, 2.24) is 19.5 Å². The van der Waals surface area contributed by atoms with E-state index in [1.165, 1.54) is 11.3 Å². The standard InChI is InChI=1S/C26H30F3N5OS/c27-26(28,29)11-7-24-32-21-17-33(14-10-23(21)36-24)13-8-18-3-5-19(6-4-18)16-30-25(35)20-9-15-34-22(20)2-1-12-31-34/h1-2,9,12,15-16,18-19H,3-8,10-11,13-14,17H2. The Morgan fingerprint density at radius 1 is 1.22 bits per heavy atom. The first-order valence-corrected chi connectivity index (χ1v) is 13.4. The van der Waals surface area contributed by atoms with Crippen LogP contribution < -0.4 is 0 Å². The van der Waals surface area contributed by atoms with E-state index in [4.69, 9.17) is 0 Å². The van der Waals surface area contributed by atoms with Gasteiger partial charge in [-0.1, -0.05) is 0 Å². The molecule has 1 aliphatic heterocycles. The summed E-state index contributed by atoms with van der Waals surface area (Å²) in [7, 11) is 0. The number of aryl methyl sites for hydroxylation is 1. The van der Waals surface area contributed by atoms with Crippen molar-refractivity contribution in [2.75, 3.05) is 13.1 Å². The molecule has 6 nitrogen and oxygen atoms in total. The number of fused-ring (bicyclic) bond motifs is 2. The van der Waals surface area contributed by atoms with E-state index in [9.17, 15) is 18.0 Å². The zero-order valence-electron chi connectivity index (χ0n) is 20.1. The summed E-state index contributed by atoms with van der Waals surface area (Å²) in [6, 6.07) is 5.44. The minimum absolute atomic E-state index is 0.0151. The fraction of sp³-hybridized carbons (Fsp3) is 0.538. The smallest absolute Gasteiger partial charge is 0.297 e. The van der Waals surface area contributed by atoms with Crippen LogP contribution in [-0.4, -0.2) is 50.9 Å². The summed E-state index contributed by atoms with van der Waals surface area (Å²) in [5.74, 6) is 0.770. The van der Waals surface area contributed by atoms with Gasteiger partial charge in [-0.2, -0.15) is 18.3 Å². The predicted octanol–water partition coefficient (Wildman–Crippen LogP) is 5.75. The van der Waals surface area contributed by atoms with Gasteiger partial charge in [0.1, 0.15) is 0 Å². The summed E-state index contributed by atoms with van der Waals surface area (Å²) in [6.45, 7) is 2.68. The number of carbonyl (C=O) groups excluding carboxylic acids is 1. The van der Waals surface area contributed by atoms with Crippen LogP contribution in [0.3, 0.4) is 0 Å². The molecule has 3 aromatic rings. The highest BCUT2D eigenvalue weighted by molar-refractivity contribution is 7.11. The van der Waals surface area contributed by atoms with Crippen LogP contribution in [0.15, 0.2) is 35.6 Å². The number of halogens is 3. The molecule has 1 amide bonds. The molecule has 1 saturated carbocycles. The highest BCUT2D eigenvalue weighted by atomic mass is 32.1. The van der Waals surface area contributed by atoms with Crippen LogP contribution in [0.4, 0.5) is 13.2 Å². The summed E-state index contributed by atoms with van der Waals surface area (Å²) in [5.41, 5.74) is 2.31. The molecular formula is C26H30F3N5OS. The van der Waals surface area contributed by atoms with Gasteiger partial charge < -0.3 is 0 Å². The summed E-state index contributed by atoms with van der Waals surface area (Å²) >= 11 is 1.45. The van der Waals surface area contributed by atoms with E-state index in [0.717, 1.165) is 74.2 Å². The Kier molecular flexibility index (Phi) is 7.52. The quantitative estimate of drug-likeness (QED) is 0.375. The van der Waals surface area contributed by atoms with Crippen LogP contribution in [0.1, 0.15) is 64.5 Å². The van der Waals surface area contributed by atoms with E-state index < -0.39 is 12.6 Å². The fourth-order valence-corrected chi connectivity index (χ4v) is 6.28. The lowest BCUT2D eigenvalue weighted by molar-refractivity contribution is -0.134. The molecule has 0 atom stereocenters. The Hall–Kier alpha value is -2.59. The van der Waals surface area contributed by atoms with Gasteiger partial charge in [0.05, 0.1) is 21.8 Å². The van der Waals surface area contributed by atoms with Crippen molar-refractivity contribution in [3.05, 3.63) is 51.7 Å². The molecule has 0 saturated heterocycles. The first-order valence-electron chi connectivity index (χ1n) is 12.6. The maximum absolute atomic E-state index is 12.6. The summed E-state index contributed by atoms with van der Waals surface area (Å²) in [5, 5.41) is 4.80. The number of aromatic nitrogens is 3. The summed E-state index contributed by atoms with van der Waals surface area (Å²) in [6.07, 6.45) is 6.67. The van der Waals surface area contributed by atoms with Gasteiger partial charge in [-0.15, -0.1) is 11.3 Å². The molecule has 0 radical (unpaired) electrons. The molecule has 0 unspecified atom stereocenters. The van der Waals surface area contributed by atoms with Crippen LogP contribution in [0.2, 0.25) is 0 Å². The zero-order chi connectivity index (χ0) is 25.1. The average molecular weight is 518 g/mol. The number of aliphatic imine (C=N–C) groups is 1. The van der Waals surface area contributed by atoms with Crippen LogP contribution in [0.5, 0.6) is 0 Å². The Balaban J connectivity index is 1.05. The van der Waals surface area contributed by atoms with Crippen molar-refractivity contribution in [2.24, 2.45) is 16.8 Å². The van der Waals surface area contributed by atoms with Gasteiger partial charge in [-0.05, 0) is 75.1 Å². The molecule has 10 heteroatoms. The van der Waals surface area contributed by atoms with E-state index in [0.29, 0.717) is 22.4 Å². The monoisotopic (exact) mass is 517 g/mol. The fourth-order valence-electron chi connectivity index (χ4n) is 5.21. The van der Waals surface area contributed by atoms with Crippen molar-refractivity contribution in [3.63, 3.8) is 0 Å². The van der Waals surface area contributed by atoms with Crippen LogP contribution in [-0.2, 0) is 19.4 Å². The number of thiazole rings is 1. The van der Waals surface area contributed by atoms with Crippen LogP contribution >= 0.6 is 11.3 Å². The molecule has 1 aliphatic carbocycles. The topological polar surface area (TPSA) is 62.9 Å². The van der Waals surface area contributed by atoms with Crippen molar-refractivity contribution in [2.45, 2.75) is 64.1 Å². The molecule has 0 aromatic carbocycles. The maximum atomic E-state index is 12.6. The molecule has 0 N–H and O–H groups in total. The van der Waals surface area contributed by atoms with E-state index in [2.05, 4.69) is 20.0 Å². The number of hydrogen-bond donors (Lipinski definition) is 0. The Bertz CT molecular complexity index is 1230. The molecule has 0 spiro atoms. The minimum Gasteiger partial charge on any atom is -0.297 e. The van der Waals surface area contributed by atoms with E-state index in [1.807, 2.05) is 18.3 Å². The molecule has 3 aromatic heterocycles. The first-order chi connectivity index (χ1) is 17.3. The SMILES string of the molecule is O=C(N=CC1CCC(CCN2CCc3sc(CCC(F)(F)F)nc3C2)CC1)c1ccn2ncccc12. The predicted molar refractivity (Wildman–Crippen MR) is 134 cm³/mol. The van der Waals surface area contributed by atoms with Crippen molar-refractivity contribution in [3.8, 4) is 0 Å². The number of alkyl halides is 3. The molecule has 1 fully saturated rings. The highest BCUT2D eigenvalue weighted by Gasteiger charge is 2.28. The van der Waals surface area contributed by atoms with Gasteiger partial charge in [-0.25, -0.2) is 14.5 Å². The Morgan fingerprint density at radius 2 is 2.06 bits per heavy atom. The van der Waals surface area contributed by atoms with Gasteiger partial charge in [0.15, 0.2) is 0 Å². The van der Waals surface area contributed by atoms with E-state index in [-0.39, 0.29) is 12.3 Å². The minimum atomic E-state index is -4.13. The summed E-state index contributed by atoms with van der Waals surface area (Å²) < 4.78 is 39.2. The lowest BCUT2D eigenvalue weighted by Crippen LogP contribution is -2.32. The maximum Gasteiger partial charge on any atom is 0.389 e. The second kappa shape index (κ2) is 10.8. The number of hydrogen-bond acceptors (Lipinski definition) is 5. The van der Waals surface area contributed by atoms with Gasteiger partial charge in [0.25, 0.3) is 5.91 Å². The van der Waals surface area contributed by atoms with E-state index in [1.54, 1.807) is 23.0 Å². The third-order valence-corrected chi connectivity index (χ3v) is 8.50. The number of amides is 1. The van der Waals surface area contributed by atoms with Crippen LogP contribution in [0, 0.1) is 11.8 Å². The van der Waals surface area contributed by atoms with Crippen molar-refractivity contribution >= 4 is 29.0 Å². The number of rotatable bonds is 7. The lowest BCUT2D eigenvalue weighted by Gasteiger charge is -2.30. The molecule has 2 aliphatic rings. The van der Waals surface area contributed by atoms with Gasteiger partial charge in [0, 0.05) is 49.4 Å². The third-order valence-electron chi connectivity index (χ3n) is 7.29. The van der Waals surface area contributed by atoms with Gasteiger partial charge in [0.2, 0.25) is 0 Å². The Morgan fingerprint density at radius 3 is 2.86 bits per heavy atom. The third kappa shape index (κ3) is 6.21. The number of nitrogens with zero attached hydrogens (tertiary/aromatic N) is 5. The lowest BCUT2D eigenvalue weighted by atomic mass is 9.81. The normalized spacial score (nSPS) is 21.3. The van der Waals surface area contributed by atoms with Gasteiger partial charge in [-0.3, -0.25) is 9.69 Å². The highest BCUT2D eigenvalue weighted by Crippen LogP contribution is 2.32. The second-order valence-corrected chi connectivity index (χ2v) is 11.0. The molecule has 5 rings (SSSR count). The molecular weight excluding hydrogens is 487 g/mol. The summed E-state index contributed by atoms with van der Waals surface area (Å²) in [4.78, 5) is 24.9. The Labute approximate surface area is 212 Å². The van der Waals surface area contributed by atoms with Crippen LogP contribution in [0.25, 0.3) is 5.52 Å². The molecule has 192 valence electrons. The molecule has 36 heavy (non-hydrogen) atoms. The molecule has 0 bridgehead atoms. The average Bonchev–Trinajstić information content (AvgIpc) is 3.49. The largest absolute Gasteiger partial charge is 0.389 e. The van der Waals surface area contributed by atoms with Gasteiger partial charge >= 0.3 is 6.18 Å². The van der Waals surface area contributed by atoms with Crippen molar-refractivity contribution < 1.29 is 18.0 Å². The second-order valence-electron chi connectivity index (χ2n) is 9.85. The first kappa shape index (κ1) is 25.1.